The first kappa shape index (κ1) is 47.6. The fourth-order valence-corrected chi connectivity index (χ4v) is 10.2. The zero-order valence-corrected chi connectivity index (χ0v) is 39.8. The lowest BCUT2D eigenvalue weighted by atomic mass is 10.0. The number of pyridine rings is 4. The van der Waals surface area contributed by atoms with E-state index in [1.165, 1.54) is 12.1 Å². The lowest BCUT2D eigenvalue weighted by Gasteiger charge is -2.41. The molecule has 5 saturated heterocycles. The SMILES string of the molecule is Cc1c(N2CCN(C3CCOCC3)CC2)nc2cc(F)cc(F)c2c1Nc1cncc(N2CCOCC2)c1.Cc1c(N2CCNCC2)nc2cc(F)cc(F)c2c1Nc1cncc(N2CCOCC2)c1. The molecule has 3 N–H and O–H groups in total. The monoisotopic (exact) mass is 964 g/mol. The highest BCUT2D eigenvalue weighted by Gasteiger charge is 2.29. The Balaban J connectivity index is 0.000000165. The van der Waals surface area contributed by atoms with Gasteiger partial charge in [0.15, 0.2) is 0 Å². The van der Waals surface area contributed by atoms with E-state index in [9.17, 15) is 13.2 Å². The molecule has 15 nitrogen and oxygen atoms in total. The van der Waals surface area contributed by atoms with Crippen LogP contribution in [0.3, 0.4) is 0 Å². The number of benzene rings is 2. The van der Waals surface area contributed by atoms with Crippen molar-refractivity contribution in [1.82, 2.24) is 30.2 Å². The molecule has 0 saturated carbocycles. The molecule has 0 aliphatic carbocycles. The van der Waals surface area contributed by atoms with Crippen molar-refractivity contribution >= 4 is 67.6 Å². The van der Waals surface area contributed by atoms with Gasteiger partial charge in [-0.25, -0.2) is 27.5 Å². The number of hydrogen-bond donors (Lipinski definition) is 3. The molecule has 0 amide bonds. The molecule has 0 spiro atoms. The van der Waals surface area contributed by atoms with Gasteiger partial charge in [0.1, 0.15) is 34.9 Å². The molecule has 11 rings (SSSR count). The van der Waals surface area contributed by atoms with Crippen LogP contribution in [0.15, 0.2) is 61.2 Å². The van der Waals surface area contributed by atoms with Crippen LogP contribution in [0.1, 0.15) is 24.0 Å². The van der Waals surface area contributed by atoms with Gasteiger partial charge < -0.3 is 49.8 Å². The molecule has 0 atom stereocenters. The summed E-state index contributed by atoms with van der Waals surface area (Å²) in [4.78, 5) is 29.6. The van der Waals surface area contributed by atoms with Crippen LogP contribution in [-0.4, -0.2) is 149 Å². The summed E-state index contributed by atoms with van der Waals surface area (Å²) in [5.41, 5.74) is 6.85. The molecule has 5 aliphatic rings. The highest BCUT2D eigenvalue weighted by molar-refractivity contribution is 5.99. The van der Waals surface area contributed by atoms with Gasteiger partial charge in [-0.2, -0.15) is 0 Å². The number of piperazine rings is 2. The average Bonchev–Trinajstić information content (AvgIpc) is 3.39. The molecular weight excluding hydrogens is 905 g/mol. The first-order valence-corrected chi connectivity index (χ1v) is 24.4. The minimum absolute atomic E-state index is 0.277. The maximum atomic E-state index is 15.2. The number of rotatable bonds is 9. The Bertz CT molecular complexity index is 2790. The summed E-state index contributed by atoms with van der Waals surface area (Å²) in [7, 11) is 0. The summed E-state index contributed by atoms with van der Waals surface area (Å²) in [5, 5.41) is 10.7. The van der Waals surface area contributed by atoms with Crippen molar-refractivity contribution in [2.45, 2.75) is 32.7 Å². The third-order valence-electron chi connectivity index (χ3n) is 13.9. The van der Waals surface area contributed by atoms with Gasteiger partial charge in [0.2, 0.25) is 0 Å². The predicted octanol–water partition coefficient (Wildman–Crippen LogP) is 7.30. The molecular formula is C51H60F4N12O3. The Kier molecular flexibility index (Phi) is 14.6. The van der Waals surface area contributed by atoms with Gasteiger partial charge in [0.25, 0.3) is 0 Å². The van der Waals surface area contributed by atoms with Crippen LogP contribution in [-0.2, 0) is 14.2 Å². The Morgan fingerprint density at radius 2 is 0.957 bits per heavy atom. The van der Waals surface area contributed by atoms with Gasteiger partial charge in [-0.15, -0.1) is 0 Å². The summed E-state index contributed by atoms with van der Waals surface area (Å²) in [6.45, 7) is 18.1. The Labute approximate surface area is 405 Å². The summed E-state index contributed by atoms with van der Waals surface area (Å²) < 4.78 is 74.9. The number of nitrogens with zero attached hydrogens (tertiary/aromatic N) is 9. The highest BCUT2D eigenvalue weighted by Crippen LogP contribution is 2.39. The van der Waals surface area contributed by atoms with Gasteiger partial charge >= 0.3 is 0 Å². The predicted molar refractivity (Wildman–Crippen MR) is 267 cm³/mol. The van der Waals surface area contributed by atoms with Crippen LogP contribution < -0.4 is 35.6 Å². The summed E-state index contributed by atoms with van der Waals surface area (Å²) >= 11 is 0. The number of anilines is 8. The molecule has 370 valence electrons. The molecule has 5 fully saturated rings. The minimum atomic E-state index is -0.639. The second-order valence-electron chi connectivity index (χ2n) is 18.4. The summed E-state index contributed by atoms with van der Waals surface area (Å²) in [5.74, 6) is -1.05. The van der Waals surface area contributed by atoms with Gasteiger partial charge in [-0.05, 0) is 38.8 Å². The Morgan fingerprint density at radius 1 is 0.514 bits per heavy atom. The van der Waals surface area contributed by atoms with Crippen molar-refractivity contribution in [3.63, 3.8) is 0 Å². The van der Waals surface area contributed by atoms with E-state index in [-0.39, 0.29) is 10.8 Å². The maximum absolute atomic E-state index is 15.2. The van der Waals surface area contributed by atoms with E-state index in [1.807, 2.05) is 38.4 Å². The molecule has 19 heteroatoms. The second kappa shape index (κ2) is 21.5. The lowest BCUT2D eigenvalue weighted by Crippen LogP contribution is -2.52. The van der Waals surface area contributed by atoms with Crippen LogP contribution in [0.5, 0.6) is 0 Å². The van der Waals surface area contributed by atoms with Crippen molar-refractivity contribution in [1.29, 1.82) is 0 Å². The van der Waals surface area contributed by atoms with Crippen LogP contribution in [0.4, 0.5) is 63.3 Å². The summed E-state index contributed by atoms with van der Waals surface area (Å²) in [6.07, 6.45) is 9.21. The van der Waals surface area contributed by atoms with Gasteiger partial charge in [0, 0.05) is 133 Å². The number of ether oxygens (including phenoxy) is 3. The smallest absolute Gasteiger partial charge is 0.137 e. The molecule has 6 aromatic rings. The maximum Gasteiger partial charge on any atom is 0.137 e. The Hall–Kier alpha value is -6.12. The fourth-order valence-electron chi connectivity index (χ4n) is 10.2. The van der Waals surface area contributed by atoms with E-state index < -0.39 is 23.3 Å². The van der Waals surface area contributed by atoms with Crippen molar-refractivity contribution < 1.29 is 31.8 Å². The average molecular weight is 965 g/mol. The fraction of sp³-hybridized carbons (Fsp3) is 0.451. The molecule has 4 aromatic heterocycles. The lowest BCUT2D eigenvalue weighted by molar-refractivity contribution is 0.0321. The third-order valence-corrected chi connectivity index (χ3v) is 13.9. The van der Waals surface area contributed by atoms with E-state index in [0.717, 1.165) is 162 Å². The van der Waals surface area contributed by atoms with Crippen LogP contribution in [0, 0.1) is 37.1 Å². The van der Waals surface area contributed by atoms with Crippen LogP contribution in [0.25, 0.3) is 21.8 Å². The molecule has 0 radical (unpaired) electrons. The molecule has 70 heavy (non-hydrogen) atoms. The molecule has 9 heterocycles. The highest BCUT2D eigenvalue weighted by atomic mass is 19.1. The Morgan fingerprint density at radius 3 is 1.43 bits per heavy atom. The topological polar surface area (TPSA) is 132 Å². The number of nitrogens with one attached hydrogen (secondary N) is 3. The van der Waals surface area contributed by atoms with E-state index in [1.54, 1.807) is 12.4 Å². The zero-order valence-electron chi connectivity index (χ0n) is 39.8. The molecule has 5 aliphatic heterocycles. The van der Waals surface area contributed by atoms with Crippen LogP contribution in [0.2, 0.25) is 0 Å². The standard InChI is InChI=1S/C28H34F2N6O2.C23H26F2N6O/c1-19-27(32-21-16-23(18-31-17-21)35-8-12-38-13-9-35)26-24(30)14-20(29)15-25(26)33-28(19)36-6-4-34(5-7-36)22-2-10-37-11-3-22;1-15-22(28-17-12-18(14-27-13-17)30-6-8-32-9-7-30)21-19(25)10-16(24)11-20(21)29-23(15)31-4-2-26-3-5-31/h14-18,22H,2-13H2,1H3,(H,32,33);10-14,26H,2-9H2,1H3,(H,28,29). The number of aromatic nitrogens is 4. The first-order chi connectivity index (χ1) is 34.2. The largest absolute Gasteiger partial charge is 0.381 e. The number of hydrogen-bond acceptors (Lipinski definition) is 15. The van der Waals surface area contributed by atoms with Crippen molar-refractivity contribution in [2.24, 2.45) is 0 Å². The normalized spacial score (nSPS) is 18.5. The van der Waals surface area contributed by atoms with Crippen molar-refractivity contribution in [3.05, 3.63) is 95.6 Å². The number of halogens is 4. The van der Waals surface area contributed by atoms with Crippen LogP contribution >= 0.6 is 0 Å². The second-order valence-corrected chi connectivity index (χ2v) is 18.4. The van der Waals surface area contributed by atoms with Gasteiger partial charge in [-0.1, -0.05) is 0 Å². The van der Waals surface area contributed by atoms with E-state index >= 15 is 4.39 Å². The van der Waals surface area contributed by atoms with Gasteiger partial charge in [-0.3, -0.25) is 14.9 Å². The molecule has 2 aromatic carbocycles. The zero-order chi connectivity index (χ0) is 48.1. The summed E-state index contributed by atoms with van der Waals surface area (Å²) in [6, 6.07) is 8.99. The molecule has 0 unspecified atom stereocenters. The molecule has 0 bridgehead atoms. The van der Waals surface area contributed by atoms with Crippen molar-refractivity contribution in [3.8, 4) is 0 Å². The van der Waals surface area contributed by atoms with Crippen molar-refractivity contribution in [2.75, 3.05) is 148 Å². The first-order valence-electron chi connectivity index (χ1n) is 24.4. The van der Waals surface area contributed by atoms with Gasteiger partial charge in [0.05, 0.1) is 107 Å². The number of morpholine rings is 2. The minimum Gasteiger partial charge on any atom is -0.381 e. The quantitative estimate of drug-likeness (QED) is 0.125. The van der Waals surface area contributed by atoms with E-state index in [2.05, 4.69) is 55.4 Å². The van der Waals surface area contributed by atoms with E-state index in [4.69, 9.17) is 19.2 Å². The van der Waals surface area contributed by atoms with E-state index in [0.29, 0.717) is 54.9 Å². The third kappa shape index (κ3) is 10.5. The number of fused-ring (bicyclic) bond motifs is 2.